The number of halogens is 1. The molecule has 1 aromatic carbocycles. The van der Waals surface area contributed by atoms with E-state index in [0.717, 1.165) is 4.47 Å². The smallest absolute Gasteiger partial charge is 0.252 e. The average molecular weight is 314 g/mol. The number of ether oxygens (including phenoxy) is 1. The van der Waals surface area contributed by atoms with Crippen molar-refractivity contribution < 1.29 is 14.6 Å². The van der Waals surface area contributed by atoms with E-state index in [2.05, 4.69) is 21.2 Å². The fourth-order valence-corrected chi connectivity index (χ4v) is 2.50. The first-order valence-electron chi connectivity index (χ1n) is 5.92. The number of rotatable bonds is 3. The van der Waals surface area contributed by atoms with Crippen molar-refractivity contribution in [2.24, 2.45) is 0 Å². The second-order valence-corrected chi connectivity index (χ2v) is 5.34. The third-order valence-corrected chi connectivity index (χ3v) is 3.94. The average Bonchev–Trinajstić information content (AvgIpc) is 2.40. The van der Waals surface area contributed by atoms with Gasteiger partial charge in [0.1, 0.15) is 0 Å². The molecule has 0 atom stereocenters. The molecule has 1 fully saturated rings. The third kappa shape index (κ3) is 2.91. The maximum absolute atomic E-state index is 12.2. The van der Waals surface area contributed by atoms with Crippen LogP contribution in [-0.4, -0.2) is 36.4 Å². The van der Waals surface area contributed by atoms with Gasteiger partial charge in [-0.3, -0.25) is 4.79 Å². The van der Waals surface area contributed by atoms with Crippen molar-refractivity contribution in [3.63, 3.8) is 0 Å². The zero-order valence-corrected chi connectivity index (χ0v) is 11.6. The Labute approximate surface area is 114 Å². The Balaban J connectivity index is 2.13. The molecule has 0 aromatic heterocycles. The number of carbonyl (C=O) groups excluding carboxylic acids is 1. The normalized spacial score (nSPS) is 18.3. The lowest BCUT2D eigenvalue weighted by atomic mass is 9.90. The minimum Gasteiger partial charge on any atom is -0.394 e. The highest BCUT2D eigenvalue weighted by molar-refractivity contribution is 9.10. The van der Waals surface area contributed by atoms with Crippen molar-refractivity contribution in [1.29, 1.82) is 0 Å². The van der Waals surface area contributed by atoms with Gasteiger partial charge in [0.2, 0.25) is 0 Å². The number of aliphatic hydroxyl groups is 1. The highest BCUT2D eigenvalue weighted by Gasteiger charge is 2.33. The Kier molecular flexibility index (Phi) is 4.37. The van der Waals surface area contributed by atoms with Crippen LogP contribution in [0.2, 0.25) is 0 Å². The zero-order valence-electron chi connectivity index (χ0n) is 9.99. The molecule has 1 aliphatic heterocycles. The van der Waals surface area contributed by atoms with E-state index in [1.54, 1.807) is 6.07 Å². The van der Waals surface area contributed by atoms with E-state index in [-0.39, 0.29) is 12.5 Å². The van der Waals surface area contributed by atoms with Gasteiger partial charge >= 0.3 is 0 Å². The van der Waals surface area contributed by atoms with Gasteiger partial charge in [0, 0.05) is 17.7 Å². The minimum absolute atomic E-state index is 0.0629. The van der Waals surface area contributed by atoms with E-state index in [9.17, 15) is 9.90 Å². The van der Waals surface area contributed by atoms with Crippen LogP contribution in [0, 0.1) is 0 Å². The molecule has 0 bridgehead atoms. The molecule has 18 heavy (non-hydrogen) atoms. The van der Waals surface area contributed by atoms with Crippen LogP contribution >= 0.6 is 15.9 Å². The summed E-state index contributed by atoms with van der Waals surface area (Å²) in [7, 11) is 0. The van der Waals surface area contributed by atoms with Crippen LogP contribution < -0.4 is 5.32 Å². The van der Waals surface area contributed by atoms with E-state index in [1.165, 1.54) is 0 Å². The molecule has 0 spiro atoms. The number of aliphatic hydroxyl groups excluding tert-OH is 1. The van der Waals surface area contributed by atoms with Crippen LogP contribution in [0.5, 0.6) is 0 Å². The second-order valence-electron chi connectivity index (χ2n) is 4.48. The summed E-state index contributed by atoms with van der Waals surface area (Å²) in [5.41, 5.74) is 0.0294. The third-order valence-electron chi connectivity index (χ3n) is 3.25. The standard InChI is InChI=1S/C13H16BrNO3/c14-11-4-2-1-3-10(11)12(17)15-13(9-16)5-7-18-8-6-13/h1-4,16H,5-9H2,(H,15,17). The topological polar surface area (TPSA) is 58.6 Å². The summed E-state index contributed by atoms with van der Waals surface area (Å²) < 4.78 is 6.02. The number of hydrogen-bond donors (Lipinski definition) is 2. The number of amides is 1. The predicted molar refractivity (Wildman–Crippen MR) is 71.5 cm³/mol. The van der Waals surface area contributed by atoms with Gasteiger partial charge in [-0.15, -0.1) is 0 Å². The number of hydrogen-bond acceptors (Lipinski definition) is 3. The Morgan fingerprint density at radius 3 is 2.67 bits per heavy atom. The molecular weight excluding hydrogens is 298 g/mol. The van der Waals surface area contributed by atoms with Crippen LogP contribution in [-0.2, 0) is 4.74 Å². The van der Waals surface area contributed by atoms with E-state index in [0.29, 0.717) is 31.6 Å². The monoisotopic (exact) mass is 313 g/mol. The van der Waals surface area contributed by atoms with Gasteiger partial charge in [-0.2, -0.15) is 0 Å². The fourth-order valence-electron chi connectivity index (χ4n) is 2.04. The summed E-state index contributed by atoms with van der Waals surface area (Å²) in [5, 5.41) is 12.5. The predicted octanol–water partition coefficient (Wildman–Crippen LogP) is 1.72. The van der Waals surface area contributed by atoms with Gasteiger partial charge in [-0.05, 0) is 40.9 Å². The van der Waals surface area contributed by atoms with Crippen LogP contribution in [0.25, 0.3) is 0 Å². The van der Waals surface area contributed by atoms with Crippen LogP contribution in [0.15, 0.2) is 28.7 Å². The highest BCUT2D eigenvalue weighted by atomic mass is 79.9. The molecule has 0 saturated carbocycles. The largest absolute Gasteiger partial charge is 0.394 e. The van der Waals surface area contributed by atoms with Crippen molar-refractivity contribution in [2.45, 2.75) is 18.4 Å². The lowest BCUT2D eigenvalue weighted by Gasteiger charge is -2.36. The molecule has 0 unspecified atom stereocenters. The van der Waals surface area contributed by atoms with E-state index in [4.69, 9.17) is 4.74 Å². The maximum Gasteiger partial charge on any atom is 0.252 e. The van der Waals surface area contributed by atoms with Gasteiger partial charge in [0.05, 0.1) is 17.7 Å². The SMILES string of the molecule is O=C(NC1(CO)CCOCC1)c1ccccc1Br. The molecule has 1 aromatic rings. The van der Waals surface area contributed by atoms with Gasteiger partial charge in [0.25, 0.3) is 5.91 Å². The van der Waals surface area contributed by atoms with Crippen molar-refractivity contribution in [1.82, 2.24) is 5.32 Å². The molecule has 2 N–H and O–H groups in total. The van der Waals surface area contributed by atoms with Gasteiger partial charge < -0.3 is 15.2 Å². The van der Waals surface area contributed by atoms with Gasteiger partial charge in [-0.25, -0.2) is 0 Å². The molecule has 1 amide bonds. The van der Waals surface area contributed by atoms with Gasteiger partial charge in [0.15, 0.2) is 0 Å². The van der Waals surface area contributed by atoms with E-state index in [1.807, 2.05) is 18.2 Å². The first-order valence-corrected chi connectivity index (χ1v) is 6.72. The Morgan fingerprint density at radius 2 is 2.06 bits per heavy atom. The highest BCUT2D eigenvalue weighted by Crippen LogP contribution is 2.22. The molecule has 2 rings (SSSR count). The summed E-state index contributed by atoms with van der Waals surface area (Å²) in [6, 6.07) is 7.25. The molecule has 1 saturated heterocycles. The van der Waals surface area contributed by atoms with Crippen LogP contribution in [0.3, 0.4) is 0 Å². The van der Waals surface area contributed by atoms with Crippen molar-refractivity contribution >= 4 is 21.8 Å². The van der Waals surface area contributed by atoms with E-state index < -0.39 is 5.54 Å². The second kappa shape index (κ2) is 5.82. The van der Waals surface area contributed by atoms with Crippen molar-refractivity contribution in [3.05, 3.63) is 34.3 Å². The molecule has 0 aliphatic carbocycles. The van der Waals surface area contributed by atoms with E-state index >= 15 is 0 Å². The summed E-state index contributed by atoms with van der Waals surface area (Å²) in [5.74, 6) is -0.168. The fraction of sp³-hybridized carbons (Fsp3) is 0.462. The van der Waals surface area contributed by atoms with Crippen molar-refractivity contribution in [2.75, 3.05) is 19.8 Å². The first-order chi connectivity index (χ1) is 8.67. The first kappa shape index (κ1) is 13.5. The summed E-state index contributed by atoms with van der Waals surface area (Å²) in [6.07, 6.45) is 1.28. The van der Waals surface area contributed by atoms with Gasteiger partial charge in [-0.1, -0.05) is 12.1 Å². The lowest BCUT2D eigenvalue weighted by Crippen LogP contribution is -2.54. The van der Waals surface area contributed by atoms with Crippen LogP contribution in [0.4, 0.5) is 0 Å². The molecular formula is C13H16BrNO3. The molecule has 4 nitrogen and oxygen atoms in total. The molecule has 5 heteroatoms. The molecule has 1 aliphatic rings. The van der Waals surface area contributed by atoms with Crippen molar-refractivity contribution in [3.8, 4) is 0 Å². The van der Waals surface area contributed by atoms with Crippen LogP contribution in [0.1, 0.15) is 23.2 Å². The molecule has 1 heterocycles. The summed E-state index contributed by atoms with van der Waals surface area (Å²) in [4.78, 5) is 12.2. The summed E-state index contributed by atoms with van der Waals surface area (Å²) in [6.45, 7) is 1.07. The Hall–Kier alpha value is -0.910. The minimum atomic E-state index is -0.551. The zero-order chi connectivity index (χ0) is 13.0. The molecule has 98 valence electrons. The number of benzene rings is 1. The number of nitrogens with one attached hydrogen (secondary N) is 1. The maximum atomic E-state index is 12.2. The lowest BCUT2D eigenvalue weighted by molar-refractivity contribution is 0.0125. The quantitative estimate of drug-likeness (QED) is 0.893. The molecule has 0 radical (unpaired) electrons. The Bertz CT molecular complexity index is 430. The summed E-state index contributed by atoms with van der Waals surface area (Å²) >= 11 is 3.35. The number of carbonyl (C=O) groups is 1. The Morgan fingerprint density at radius 1 is 1.39 bits per heavy atom.